The second kappa shape index (κ2) is 4.57. The highest BCUT2D eigenvalue weighted by atomic mass is 16.5. The summed E-state index contributed by atoms with van der Waals surface area (Å²) in [4.78, 5) is 11.0. The predicted molar refractivity (Wildman–Crippen MR) is 55.4 cm³/mol. The van der Waals surface area contributed by atoms with E-state index in [1.807, 2.05) is 30.3 Å². The molecule has 1 aliphatic heterocycles. The number of nitrogens with two attached hydrogens (primary N) is 1. The highest BCUT2D eigenvalue weighted by Crippen LogP contribution is 2.07. The zero-order valence-electron chi connectivity index (χ0n) is 8.22. The van der Waals surface area contributed by atoms with Gasteiger partial charge in [-0.25, -0.2) is 4.79 Å². The van der Waals surface area contributed by atoms with Gasteiger partial charge in [0.1, 0.15) is 18.6 Å². The highest BCUT2D eigenvalue weighted by Gasteiger charge is 2.08. The average Bonchev–Trinajstić information content (AvgIpc) is 2.28. The summed E-state index contributed by atoms with van der Waals surface area (Å²) in [5.74, 6) is 0.590. The number of carbonyl (C=O) groups excluding carboxylic acids is 1. The molecule has 76 valence electrons. The van der Waals surface area contributed by atoms with Crippen LogP contribution in [0.3, 0.4) is 0 Å². The Bertz CT molecular complexity index is 407. The SMILES string of the molecule is O=C1C=C(OCc2ccccc2)C=C[NH2+]1. The van der Waals surface area contributed by atoms with E-state index in [0.717, 1.165) is 5.56 Å². The summed E-state index contributed by atoms with van der Waals surface area (Å²) in [5, 5.41) is 1.51. The third-order valence-corrected chi connectivity index (χ3v) is 2.05. The van der Waals surface area contributed by atoms with Gasteiger partial charge in [0.15, 0.2) is 0 Å². The van der Waals surface area contributed by atoms with Crippen molar-refractivity contribution in [1.82, 2.24) is 0 Å². The molecule has 0 radical (unpaired) electrons. The van der Waals surface area contributed by atoms with Crippen LogP contribution >= 0.6 is 0 Å². The van der Waals surface area contributed by atoms with E-state index in [1.54, 1.807) is 12.3 Å². The molecule has 0 aromatic heterocycles. The molecule has 2 N–H and O–H groups in total. The fourth-order valence-corrected chi connectivity index (χ4v) is 1.30. The van der Waals surface area contributed by atoms with Gasteiger partial charge in [0.2, 0.25) is 0 Å². The molecule has 1 amide bonds. The Morgan fingerprint density at radius 1 is 1.20 bits per heavy atom. The van der Waals surface area contributed by atoms with Gasteiger partial charge < -0.3 is 4.74 Å². The first-order chi connectivity index (χ1) is 7.34. The minimum absolute atomic E-state index is 0.0273. The first-order valence-electron chi connectivity index (χ1n) is 4.78. The minimum Gasteiger partial charge on any atom is -0.488 e. The lowest BCUT2D eigenvalue weighted by molar-refractivity contribution is -0.495. The van der Waals surface area contributed by atoms with Crippen LogP contribution in [0.25, 0.3) is 0 Å². The highest BCUT2D eigenvalue weighted by molar-refractivity contribution is 5.80. The molecule has 0 atom stereocenters. The van der Waals surface area contributed by atoms with Crippen molar-refractivity contribution in [1.29, 1.82) is 0 Å². The topological polar surface area (TPSA) is 42.9 Å². The Balaban J connectivity index is 1.94. The molecule has 2 rings (SSSR count). The van der Waals surface area contributed by atoms with Crippen LogP contribution in [0.4, 0.5) is 0 Å². The quantitative estimate of drug-likeness (QED) is 0.784. The molecule has 0 saturated heterocycles. The normalized spacial score (nSPS) is 14.9. The molecule has 3 heteroatoms. The number of hydrogen-bond acceptors (Lipinski definition) is 2. The van der Waals surface area contributed by atoms with Crippen LogP contribution in [0.2, 0.25) is 0 Å². The zero-order chi connectivity index (χ0) is 10.5. The Hall–Kier alpha value is -1.87. The molecule has 0 saturated carbocycles. The van der Waals surface area contributed by atoms with Crippen molar-refractivity contribution in [3.05, 3.63) is 60.0 Å². The van der Waals surface area contributed by atoms with Gasteiger partial charge in [-0.3, -0.25) is 5.32 Å². The molecule has 0 spiro atoms. The maximum absolute atomic E-state index is 11.0. The molecular weight excluding hydrogens is 190 g/mol. The number of ether oxygens (including phenoxy) is 1. The lowest BCUT2D eigenvalue weighted by atomic mass is 10.2. The van der Waals surface area contributed by atoms with Crippen LogP contribution in [0.15, 0.2) is 54.4 Å². The smallest absolute Gasteiger partial charge is 0.343 e. The average molecular weight is 202 g/mol. The van der Waals surface area contributed by atoms with E-state index in [9.17, 15) is 4.79 Å². The summed E-state index contributed by atoms with van der Waals surface area (Å²) >= 11 is 0. The maximum Gasteiger partial charge on any atom is 0.343 e. The van der Waals surface area contributed by atoms with Crippen LogP contribution in [0.1, 0.15) is 5.56 Å². The predicted octanol–water partition coefficient (Wildman–Crippen LogP) is 0.704. The molecule has 1 aromatic carbocycles. The number of primary amides is 1. The van der Waals surface area contributed by atoms with Gasteiger partial charge in [-0.15, -0.1) is 0 Å². The summed E-state index contributed by atoms with van der Waals surface area (Å²) < 4.78 is 5.47. The van der Waals surface area contributed by atoms with E-state index < -0.39 is 0 Å². The summed E-state index contributed by atoms with van der Waals surface area (Å²) in [5.41, 5.74) is 1.09. The fourth-order valence-electron chi connectivity index (χ4n) is 1.30. The first-order valence-corrected chi connectivity index (χ1v) is 4.78. The molecule has 0 unspecified atom stereocenters. The van der Waals surface area contributed by atoms with Gasteiger partial charge in [0, 0.05) is 6.08 Å². The maximum atomic E-state index is 11.0. The van der Waals surface area contributed by atoms with E-state index in [4.69, 9.17) is 4.74 Å². The number of benzene rings is 1. The zero-order valence-corrected chi connectivity index (χ0v) is 8.22. The van der Waals surface area contributed by atoms with Crippen molar-refractivity contribution >= 4 is 5.91 Å². The molecule has 1 heterocycles. The van der Waals surface area contributed by atoms with Gasteiger partial charge in [-0.05, 0) is 5.56 Å². The Morgan fingerprint density at radius 3 is 2.73 bits per heavy atom. The molecule has 3 nitrogen and oxygen atoms in total. The molecule has 1 aromatic rings. The summed E-state index contributed by atoms with van der Waals surface area (Å²) in [6.07, 6.45) is 4.97. The van der Waals surface area contributed by atoms with Crippen molar-refractivity contribution in [2.24, 2.45) is 0 Å². The molecule has 1 aliphatic rings. The largest absolute Gasteiger partial charge is 0.488 e. The Kier molecular flexibility index (Phi) is 2.95. The third kappa shape index (κ3) is 2.79. The van der Waals surface area contributed by atoms with Crippen LogP contribution in [0, 0.1) is 0 Å². The molecular formula is C12H12NO2+. The van der Waals surface area contributed by atoms with E-state index in [2.05, 4.69) is 0 Å². The fraction of sp³-hybridized carbons (Fsp3) is 0.0833. The van der Waals surface area contributed by atoms with Crippen LogP contribution in [-0.2, 0) is 16.1 Å². The monoisotopic (exact) mass is 202 g/mol. The van der Waals surface area contributed by atoms with Gasteiger partial charge >= 0.3 is 5.91 Å². The van der Waals surface area contributed by atoms with Crippen LogP contribution in [-0.4, -0.2) is 5.91 Å². The molecule has 0 bridgehead atoms. The van der Waals surface area contributed by atoms with Crippen molar-refractivity contribution < 1.29 is 14.8 Å². The lowest BCUT2D eigenvalue weighted by Gasteiger charge is -2.07. The van der Waals surface area contributed by atoms with Crippen molar-refractivity contribution in [3.8, 4) is 0 Å². The van der Waals surface area contributed by atoms with Crippen molar-refractivity contribution in [2.45, 2.75) is 6.61 Å². The van der Waals surface area contributed by atoms with E-state index in [-0.39, 0.29) is 5.91 Å². The van der Waals surface area contributed by atoms with E-state index >= 15 is 0 Å². The summed E-state index contributed by atoms with van der Waals surface area (Å²) in [6, 6.07) is 9.86. The second-order valence-electron chi connectivity index (χ2n) is 3.25. The molecule has 0 aliphatic carbocycles. The number of carbonyl (C=O) groups is 1. The number of hydrogen-bond donors (Lipinski definition) is 1. The van der Waals surface area contributed by atoms with Crippen molar-refractivity contribution in [2.75, 3.05) is 0 Å². The van der Waals surface area contributed by atoms with Crippen molar-refractivity contribution in [3.63, 3.8) is 0 Å². The van der Waals surface area contributed by atoms with Gasteiger partial charge in [0.05, 0.1) is 6.08 Å². The van der Waals surface area contributed by atoms with Gasteiger partial charge in [0.25, 0.3) is 0 Å². The summed E-state index contributed by atoms with van der Waals surface area (Å²) in [7, 11) is 0. The molecule has 15 heavy (non-hydrogen) atoms. The molecule has 0 fully saturated rings. The van der Waals surface area contributed by atoms with Gasteiger partial charge in [-0.1, -0.05) is 30.3 Å². The Morgan fingerprint density at radius 2 is 2.00 bits per heavy atom. The number of quaternary nitrogens is 1. The number of rotatable bonds is 3. The minimum atomic E-state index is -0.0273. The summed E-state index contributed by atoms with van der Waals surface area (Å²) in [6.45, 7) is 0.490. The number of allylic oxidation sites excluding steroid dienone is 1. The van der Waals surface area contributed by atoms with E-state index in [0.29, 0.717) is 12.4 Å². The van der Waals surface area contributed by atoms with E-state index in [1.165, 1.54) is 11.4 Å². The van der Waals surface area contributed by atoms with Gasteiger partial charge in [-0.2, -0.15) is 0 Å². The second-order valence-corrected chi connectivity index (χ2v) is 3.25. The van der Waals surface area contributed by atoms with Crippen LogP contribution in [0.5, 0.6) is 0 Å². The first kappa shape index (κ1) is 9.68. The third-order valence-electron chi connectivity index (χ3n) is 2.05. The Labute approximate surface area is 88.1 Å². The lowest BCUT2D eigenvalue weighted by Crippen LogP contribution is -2.82. The van der Waals surface area contributed by atoms with Crippen LogP contribution < -0.4 is 5.32 Å². The standard InChI is InChI=1S/C12H11NO2/c14-12-8-11(6-7-13-12)15-9-10-4-2-1-3-5-10/h1-8H,9H2,(H,13,14)/p+1. The number of amides is 1.